The first-order chi connectivity index (χ1) is 7.75. The van der Waals surface area contributed by atoms with Crippen molar-refractivity contribution in [1.82, 2.24) is 0 Å². The molecule has 0 spiro atoms. The van der Waals surface area contributed by atoms with Crippen LogP contribution < -0.4 is 4.74 Å². The molecule has 1 aromatic carbocycles. The zero-order chi connectivity index (χ0) is 11.2. The fourth-order valence-electron chi connectivity index (χ4n) is 2.91. The lowest BCUT2D eigenvalue weighted by molar-refractivity contribution is -0.0327. The second-order valence-corrected chi connectivity index (χ2v) is 5.05. The summed E-state index contributed by atoms with van der Waals surface area (Å²) in [4.78, 5) is 0. The minimum absolute atomic E-state index is 0.103. The number of benzene rings is 1. The van der Waals surface area contributed by atoms with Crippen LogP contribution in [0.5, 0.6) is 5.75 Å². The van der Waals surface area contributed by atoms with Crippen molar-refractivity contribution in [3.8, 4) is 5.75 Å². The van der Waals surface area contributed by atoms with Crippen molar-refractivity contribution in [1.29, 1.82) is 0 Å². The normalized spacial score (nSPS) is 33.0. The molecular weight excluding hydrogens is 200 g/mol. The summed E-state index contributed by atoms with van der Waals surface area (Å²) in [5, 5.41) is 10.2. The summed E-state index contributed by atoms with van der Waals surface area (Å²) < 4.78 is 6.20. The fourth-order valence-corrected chi connectivity index (χ4v) is 2.91. The molecule has 1 N–H and O–H groups in total. The molecule has 2 nitrogen and oxygen atoms in total. The number of hydrogen-bond acceptors (Lipinski definition) is 2. The molecule has 1 fully saturated rings. The van der Waals surface area contributed by atoms with E-state index in [1.54, 1.807) is 0 Å². The lowest BCUT2D eigenvalue weighted by atomic mass is 9.83. The molecule has 16 heavy (non-hydrogen) atoms. The SMILES string of the molecule is CCC1(C2CC2)C[C@H](O)c2ccccc2O1. The van der Waals surface area contributed by atoms with Gasteiger partial charge in [0.05, 0.1) is 6.10 Å². The standard InChI is InChI=1S/C14H18O2/c1-2-14(10-7-8-10)9-12(15)11-5-3-4-6-13(11)16-14/h3-6,10,12,15H,2,7-9H2,1H3/t12-,14?/m0/s1. The van der Waals surface area contributed by atoms with E-state index in [-0.39, 0.29) is 11.7 Å². The summed E-state index contributed by atoms with van der Waals surface area (Å²) in [6.07, 6.45) is 3.89. The largest absolute Gasteiger partial charge is 0.487 e. The van der Waals surface area contributed by atoms with Crippen LogP contribution in [0.1, 0.15) is 44.3 Å². The van der Waals surface area contributed by atoms with Gasteiger partial charge in [-0.2, -0.15) is 0 Å². The molecule has 0 bridgehead atoms. The summed E-state index contributed by atoms with van der Waals surface area (Å²) in [6.45, 7) is 2.17. The second-order valence-electron chi connectivity index (χ2n) is 5.05. The molecule has 86 valence electrons. The van der Waals surface area contributed by atoms with Crippen LogP contribution in [-0.2, 0) is 0 Å². The van der Waals surface area contributed by atoms with Crippen molar-refractivity contribution >= 4 is 0 Å². The van der Waals surface area contributed by atoms with Gasteiger partial charge in [0.2, 0.25) is 0 Å². The molecule has 2 heteroatoms. The van der Waals surface area contributed by atoms with Crippen LogP contribution in [0.3, 0.4) is 0 Å². The number of ether oxygens (including phenoxy) is 1. The summed E-state index contributed by atoms with van der Waals surface area (Å²) >= 11 is 0. The second kappa shape index (κ2) is 3.49. The molecule has 1 saturated carbocycles. The molecular formula is C14H18O2. The molecule has 0 saturated heterocycles. The van der Waals surface area contributed by atoms with Crippen LogP contribution in [0.4, 0.5) is 0 Å². The van der Waals surface area contributed by atoms with Crippen LogP contribution >= 0.6 is 0 Å². The Morgan fingerprint density at radius 1 is 1.38 bits per heavy atom. The Kier molecular flexibility index (Phi) is 2.21. The Balaban J connectivity index is 1.98. The van der Waals surface area contributed by atoms with E-state index in [4.69, 9.17) is 4.74 Å². The Bertz CT molecular complexity index is 397. The number of hydrogen-bond donors (Lipinski definition) is 1. The van der Waals surface area contributed by atoms with Gasteiger partial charge in [0.1, 0.15) is 11.4 Å². The smallest absolute Gasteiger partial charge is 0.125 e. The minimum atomic E-state index is -0.356. The van der Waals surface area contributed by atoms with E-state index in [9.17, 15) is 5.11 Å². The first-order valence-corrected chi connectivity index (χ1v) is 6.21. The molecule has 0 aromatic heterocycles. The topological polar surface area (TPSA) is 29.5 Å². The van der Waals surface area contributed by atoms with Crippen molar-refractivity contribution in [2.24, 2.45) is 5.92 Å². The van der Waals surface area contributed by atoms with Crippen LogP contribution in [0, 0.1) is 5.92 Å². The summed E-state index contributed by atoms with van der Waals surface area (Å²) in [7, 11) is 0. The maximum Gasteiger partial charge on any atom is 0.125 e. The summed E-state index contributed by atoms with van der Waals surface area (Å²) in [6, 6.07) is 7.88. The summed E-state index contributed by atoms with van der Waals surface area (Å²) in [5.74, 6) is 1.54. The molecule has 1 heterocycles. The highest BCUT2D eigenvalue weighted by molar-refractivity contribution is 5.38. The Morgan fingerprint density at radius 3 is 2.81 bits per heavy atom. The average Bonchev–Trinajstić information content (AvgIpc) is 3.13. The highest BCUT2D eigenvalue weighted by Crippen LogP contribution is 2.52. The number of rotatable bonds is 2. The van der Waals surface area contributed by atoms with Gasteiger partial charge in [0.15, 0.2) is 0 Å². The minimum Gasteiger partial charge on any atom is -0.487 e. The molecule has 3 rings (SSSR count). The zero-order valence-corrected chi connectivity index (χ0v) is 9.65. The Hall–Kier alpha value is -1.02. The third kappa shape index (κ3) is 1.44. The van der Waals surface area contributed by atoms with Gasteiger partial charge < -0.3 is 9.84 Å². The van der Waals surface area contributed by atoms with E-state index in [0.717, 1.165) is 24.2 Å². The van der Waals surface area contributed by atoms with Crippen LogP contribution in [0.25, 0.3) is 0 Å². The lowest BCUT2D eigenvalue weighted by Gasteiger charge is -2.40. The van der Waals surface area contributed by atoms with Gasteiger partial charge in [0.25, 0.3) is 0 Å². The number of fused-ring (bicyclic) bond motifs is 1. The van der Waals surface area contributed by atoms with E-state index in [0.29, 0.717) is 5.92 Å². The zero-order valence-electron chi connectivity index (χ0n) is 9.65. The van der Waals surface area contributed by atoms with E-state index in [2.05, 4.69) is 6.92 Å². The van der Waals surface area contributed by atoms with Gasteiger partial charge in [-0.1, -0.05) is 25.1 Å². The predicted octanol–water partition coefficient (Wildman–Crippen LogP) is 3.06. The van der Waals surface area contributed by atoms with Gasteiger partial charge in [-0.05, 0) is 31.2 Å². The molecule has 2 atom stereocenters. The molecule has 0 amide bonds. The number of aliphatic hydroxyl groups is 1. The van der Waals surface area contributed by atoms with Crippen LogP contribution in [-0.4, -0.2) is 10.7 Å². The maximum absolute atomic E-state index is 10.2. The van der Waals surface area contributed by atoms with E-state index < -0.39 is 0 Å². The van der Waals surface area contributed by atoms with Crippen molar-refractivity contribution < 1.29 is 9.84 Å². The maximum atomic E-state index is 10.2. The number of para-hydroxylation sites is 1. The molecule has 0 radical (unpaired) electrons. The molecule has 1 unspecified atom stereocenters. The lowest BCUT2D eigenvalue weighted by Crippen LogP contribution is -2.42. The van der Waals surface area contributed by atoms with Gasteiger partial charge >= 0.3 is 0 Å². The van der Waals surface area contributed by atoms with E-state index >= 15 is 0 Å². The first-order valence-electron chi connectivity index (χ1n) is 6.21. The van der Waals surface area contributed by atoms with E-state index in [1.807, 2.05) is 24.3 Å². The highest BCUT2D eigenvalue weighted by Gasteiger charge is 2.49. The van der Waals surface area contributed by atoms with Crippen LogP contribution in [0.2, 0.25) is 0 Å². The molecule has 1 aliphatic heterocycles. The first kappa shape index (κ1) is 10.2. The molecule has 2 aliphatic rings. The molecule has 1 aromatic rings. The fraction of sp³-hybridized carbons (Fsp3) is 0.571. The third-order valence-corrected chi connectivity index (χ3v) is 4.05. The van der Waals surface area contributed by atoms with Crippen molar-refractivity contribution in [2.45, 2.75) is 44.3 Å². The van der Waals surface area contributed by atoms with Gasteiger partial charge in [-0.25, -0.2) is 0 Å². The van der Waals surface area contributed by atoms with Crippen molar-refractivity contribution in [3.05, 3.63) is 29.8 Å². The van der Waals surface area contributed by atoms with Crippen molar-refractivity contribution in [3.63, 3.8) is 0 Å². The Morgan fingerprint density at radius 2 is 2.12 bits per heavy atom. The predicted molar refractivity (Wildman–Crippen MR) is 62.4 cm³/mol. The number of aliphatic hydroxyl groups excluding tert-OH is 1. The van der Waals surface area contributed by atoms with Gasteiger partial charge in [-0.15, -0.1) is 0 Å². The van der Waals surface area contributed by atoms with Gasteiger partial charge in [0, 0.05) is 12.0 Å². The van der Waals surface area contributed by atoms with E-state index in [1.165, 1.54) is 12.8 Å². The van der Waals surface area contributed by atoms with Crippen LogP contribution in [0.15, 0.2) is 24.3 Å². The van der Waals surface area contributed by atoms with Crippen molar-refractivity contribution in [2.75, 3.05) is 0 Å². The molecule has 1 aliphatic carbocycles. The van der Waals surface area contributed by atoms with Gasteiger partial charge in [-0.3, -0.25) is 0 Å². The third-order valence-electron chi connectivity index (χ3n) is 4.05. The Labute approximate surface area is 96.2 Å². The monoisotopic (exact) mass is 218 g/mol. The quantitative estimate of drug-likeness (QED) is 0.826. The average molecular weight is 218 g/mol. The highest BCUT2D eigenvalue weighted by atomic mass is 16.5. The summed E-state index contributed by atoms with van der Waals surface area (Å²) in [5.41, 5.74) is 0.848.